The van der Waals surface area contributed by atoms with Gasteiger partial charge in [0.15, 0.2) is 0 Å². The number of nitro benzene ring substituents is 2. The number of nitrogens with zero attached hydrogens (tertiary/aromatic N) is 2. The molecule has 1 aliphatic rings. The first kappa shape index (κ1) is 17.0. The maximum Gasteiger partial charge on any atom is 0.278 e. The van der Waals surface area contributed by atoms with E-state index in [1.165, 1.54) is 23.3 Å². The highest BCUT2D eigenvalue weighted by molar-refractivity contribution is 5.88. The molecular weight excluding hydrogens is 346 g/mol. The summed E-state index contributed by atoms with van der Waals surface area (Å²) in [4.78, 5) is 21.1. The number of nitrogens with one attached hydrogen (secondary N) is 1. The van der Waals surface area contributed by atoms with Gasteiger partial charge in [-0.15, -0.1) is 0 Å². The van der Waals surface area contributed by atoms with Crippen molar-refractivity contribution in [1.29, 1.82) is 0 Å². The van der Waals surface area contributed by atoms with Crippen molar-refractivity contribution in [2.24, 2.45) is 0 Å². The minimum absolute atomic E-state index is 0.0542. The van der Waals surface area contributed by atoms with Crippen molar-refractivity contribution < 1.29 is 9.85 Å². The molecule has 1 N–H and O–H groups in total. The molecule has 7 heteroatoms. The van der Waals surface area contributed by atoms with Gasteiger partial charge in [0.25, 0.3) is 11.4 Å². The molecule has 3 aromatic carbocycles. The van der Waals surface area contributed by atoms with E-state index >= 15 is 0 Å². The smallest absolute Gasteiger partial charge is 0.278 e. The van der Waals surface area contributed by atoms with Crippen molar-refractivity contribution in [2.75, 3.05) is 5.32 Å². The van der Waals surface area contributed by atoms with E-state index in [4.69, 9.17) is 0 Å². The lowest BCUT2D eigenvalue weighted by molar-refractivity contribution is -0.394. The molecule has 0 aromatic heterocycles. The second kappa shape index (κ2) is 6.68. The molecule has 0 saturated carbocycles. The number of aryl methyl sites for hydroxylation is 1. The molecule has 7 nitrogen and oxygen atoms in total. The average Bonchev–Trinajstić information content (AvgIpc) is 2.67. The van der Waals surface area contributed by atoms with Crippen LogP contribution in [-0.2, 0) is 6.42 Å². The van der Waals surface area contributed by atoms with Crippen molar-refractivity contribution >= 4 is 27.8 Å². The third kappa shape index (κ3) is 3.19. The van der Waals surface area contributed by atoms with Crippen LogP contribution < -0.4 is 5.32 Å². The van der Waals surface area contributed by atoms with Crippen LogP contribution in [0.15, 0.2) is 54.6 Å². The number of benzene rings is 3. The summed E-state index contributed by atoms with van der Waals surface area (Å²) in [6.45, 7) is 0. The molecule has 1 atom stereocenters. The number of rotatable bonds is 4. The number of anilines is 1. The molecule has 0 unspecified atom stereocenters. The summed E-state index contributed by atoms with van der Waals surface area (Å²) in [5, 5.41) is 27.9. The first-order valence-electron chi connectivity index (χ1n) is 8.74. The summed E-state index contributed by atoms with van der Waals surface area (Å²) in [5.41, 5.74) is 2.23. The number of hydrogen-bond acceptors (Lipinski definition) is 5. The van der Waals surface area contributed by atoms with Gasteiger partial charge >= 0.3 is 0 Å². The van der Waals surface area contributed by atoms with Crippen molar-refractivity contribution in [2.45, 2.75) is 25.3 Å². The van der Waals surface area contributed by atoms with Gasteiger partial charge in [-0.2, -0.15) is 0 Å². The Morgan fingerprint density at radius 3 is 2.33 bits per heavy atom. The molecule has 0 spiro atoms. The quantitative estimate of drug-likeness (QED) is 0.511. The van der Waals surface area contributed by atoms with Gasteiger partial charge in [0.05, 0.1) is 22.0 Å². The molecule has 1 aliphatic carbocycles. The van der Waals surface area contributed by atoms with E-state index in [0.717, 1.165) is 36.1 Å². The molecule has 3 aromatic rings. The van der Waals surface area contributed by atoms with Gasteiger partial charge in [0.2, 0.25) is 0 Å². The summed E-state index contributed by atoms with van der Waals surface area (Å²) < 4.78 is 0. The Morgan fingerprint density at radius 1 is 0.926 bits per heavy atom. The third-order valence-electron chi connectivity index (χ3n) is 5.01. The number of nitro groups is 2. The lowest BCUT2D eigenvalue weighted by atomic mass is 9.84. The highest BCUT2D eigenvalue weighted by Crippen LogP contribution is 2.38. The minimum atomic E-state index is -0.609. The fraction of sp³-hybridized carbons (Fsp3) is 0.200. The Bertz CT molecular complexity index is 1030. The normalized spacial score (nSPS) is 15.9. The number of non-ortho nitro benzene ring substituents is 2. The number of hydrogen-bond donors (Lipinski definition) is 1. The Balaban J connectivity index is 1.78. The maximum atomic E-state index is 11.1. The summed E-state index contributed by atoms with van der Waals surface area (Å²) in [7, 11) is 0. The third-order valence-corrected chi connectivity index (χ3v) is 5.01. The van der Waals surface area contributed by atoms with Crippen LogP contribution in [-0.4, -0.2) is 9.85 Å². The van der Waals surface area contributed by atoms with Crippen LogP contribution in [0.3, 0.4) is 0 Å². The van der Waals surface area contributed by atoms with E-state index < -0.39 is 9.85 Å². The lowest BCUT2D eigenvalue weighted by Gasteiger charge is -2.28. The Hall–Kier alpha value is -3.48. The molecule has 136 valence electrons. The Morgan fingerprint density at radius 2 is 1.63 bits per heavy atom. The van der Waals surface area contributed by atoms with E-state index in [9.17, 15) is 20.2 Å². The second-order valence-electron chi connectivity index (χ2n) is 6.70. The predicted molar refractivity (Wildman–Crippen MR) is 103 cm³/mol. The summed E-state index contributed by atoms with van der Waals surface area (Å²) >= 11 is 0. The first-order chi connectivity index (χ1) is 13.0. The topological polar surface area (TPSA) is 98.3 Å². The molecule has 27 heavy (non-hydrogen) atoms. The van der Waals surface area contributed by atoms with Crippen molar-refractivity contribution in [1.82, 2.24) is 0 Å². The minimum Gasteiger partial charge on any atom is -0.378 e. The largest absolute Gasteiger partial charge is 0.378 e. The van der Waals surface area contributed by atoms with Gasteiger partial charge in [-0.1, -0.05) is 36.4 Å². The van der Waals surface area contributed by atoms with Crippen LogP contribution in [0.2, 0.25) is 0 Å². The Labute approximate surface area is 154 Å². The van der Waals surface area contributed by atoms with Crippen LogP contribution in [0, 0.1) is 20.2 Å². The Kier molecular flexibility index (Phi) is 4.19. The second-order valence-corrected chi connectivity index (χ2v) is 6.70. The van der Waals surface area contributed by atoms with E-state index in [1.54, 1.807) is 0 Å². The maximum absolute atomic E-state index is 11.1. The zero-order valence-corrected chi connectivity index (χ0v) is 14.4. The summed E-state index contributed by atoms with van der Waals surface area (Å²) in [6.07, 6.45) is 2.82. The zero-order chi connectivity index (χ0) is 19.0. The van der Waals surface area contributed by atoms with Crippen LogP contribution in [0.5, 0.6) is 0 Å². The van der Waals surface area contributed by atoms with Gasteiger partial charge in [-0.05, 0) is 41.2 Å². The van der Waals surface area contributed by atoms with Crippen LogP contribution in [0.1, 0.15) is 30.0 Å². The molecule has 0 aliphatic heterocycles. The number of fused-ring (bicyclic) bond motifs is 3. The highest BCUT2D eigenvalue weighted by Gasteiger charge is 2.24. The van der Waals surface area contributed by atoms with Gasteiger partial charge in [0.1, 0.15) is 0 Å². The predicted octanol–water partition coefficient (Wildman–Crippen LogP) is 5.15. The van der Waals surface area contributed by atoms with E-state index in [0.29, 0.717) is 5.69 Å². The SMILES string of the molecule is O=[N+]([O-])c1cc(N[C@H]2CCCc3ccc4ccccc4c32)cc([N+](=O)[O-])c1. The highest BCUT2D eigenvalue weighted by atomic mass is 16.6. The van der Waals surface area contributed by atoms with Gasteiger partial charge in [-0.25, -0.2) is 0 Å². The summed E-state index contributed by atoms with van der Waals surface area (Å²) in [6, 6.07) is 16.0. The zero-order valence-electron chi connectivity index (χ0n) is 14.4. The van der Waals surface area contributed by atoms with Gasteiger partial charge < -0.3 is 5.32 Å². The fourth-order valence-electron chi connectivity index (χ4n) is 3.85. The summed E-state index contributed by atoms with van der Waals surface area (Å²) in [5.74, 6) is 0. The molecule has 0 amide bonds. The fourth-order valence-corrected chi connectivity index (χ4v) is 3.85. The standard InChI is InChI=1S/C20H17N3O4/c24-22(25)16-10-15(11-17(12-16)23(26)27)21-19-7-3-5-14-9-8-13-4-1-2-6-18(13)20(14)19/h1-2,4,6,8-12,19,21H,3,5,7H2/t19-/m0/s1. The molecule has 4 rings (SSSR count). The molecule has 0 radical (unpaired) electrons. The molecular formula is C20H17N3O4. The van der Waals surface area contributed by atoms with Crippen molar-refractivity contribution in [3.05, 3.63) is 86.0 Å². The van der Waals surface area contributed by atoms with E-state index in [2.05, 4.69) is 29.6 Å². The van der Waals surface area contributed by atoms with E-state index in [-0.39, 0.29) is 17.4 Å². The van der Waals surface area contributed by atoms with E-state index in [1.807, 2.05) is 12.1 Å². The average molecular weight is 363 g/mol. The monoisotopic (exact) mass is 363 g/mol. The molecule has 0 saturated heterocycles. The molecule has 0 heterocycles. The van der Waals surface area contributed by atoms with Crippen LogP contribution >= 0.6 is 0 Å². The first-order valence-corrected chi connectivity index (χ1v) is 8.74. The van der Waals surface area contributed by atoms with Crippen LogP contribution in [0.25, 0.3) is 10.8 Å². The van der Waals surface area contributed by atoms with Gasteiger partial charge in [0, 0.05) is 17.8 Å². The molecule has 0 bridgehead atoms. The van der Waals surface area contributed by atoms with Crippen LogP contribution in [0.4, 0.5) is 17.1 Å². The lowest BCUT2D eigenvalue weighted by Crippen LogP contribution is -2.18. The molecule has 0 fully saturated rings. The van der Waals surface area contributed by atoms with Gasteiger partial charge in [-0.3, -0.25) is 20.2 Å². The van der Waals surface area contributed by atoms with Crippen molar-refractivity contribution in [3.63, 3.8) is 0 Å². The van der Waals surface area contributed by atoms with Crippen molar-refractivity contribution in [3.8, 4) is 0 Å².